The van der Waals surface area contributed by atoms with Crippen molar-refractivity contribution in [3.63, 3.8) is 0 Å². The van der Waals surface area contributed by atoms with Gasteiger partial charge < -0.3 is 38.3 Å². The molecule has 13 heteroatoms. The second-order valence-electron chi connectivity index (χ2n) is 0.448. The van der Waals surface area contributed by atoms with Crippen LogP contribution in [0, 0.1) is 0 Å². The second kappa shape index (κ2) is 38.2. The van der Waals surface area contributed by atoms with Crippen LogP contribution in [0.5, 0.6) is 0 Å². The Bertz CT molecular complexity index is 96.1. The van der Waals surface area contributed by atoms with E-state index in [0.717, 1.165) is 0 Å². The number of hydrogen-bond donors (Lipinski definition) is 2. The molecule has 0 atom stereocenters. The first kappa shape index (κ1) is 95.0. The summed E-state index contributed by atoms with van der Waals surface area (Å²) in [4.78, 5) is 0. The molecule has 13 heavy (non-hydrogen) atoms. The minimum absolute atomic E-state index is 0. The zero-order valence-electron chi connectivity index (χ0n) is 5.62. The van der Waals surface area contributed by atoms with Crippen LogP contribution >= 0.6 is 11.7 Å². The van der Waals surface area contributed by atoms with Crippen molar-refractivity contribution in [2.24, 2.45) is 0 Å². The van der Waals surface area contributed by atoms with Crippen LogP contribution < -0.4 is 0 Å². The van der Waals surface area contributed by atoms with E-state index in [1.807, 2.05) is 0 Å². The van der Waals surface area contributed by atoms with Crippen LogP contribution in [0.25, 0.3) is 0 Å². The van der Waals surface area contributed by atoms with E-state index in [-0.39, 0.29) is 67.9 Å². The van der Waals surface area contributed by atoms with E-state index in [0.29, 0.717) is 0 Å². The molecular weight excluding hydrogens is 247 g/mol. The van der Waals surface area contributed by atoms with Crippen molar-refractivity contribution in [2.45, 2.75) is 0 Å². The van der Waals surface area contributed by atoms with E-state index in [1.54, 1.807) is 0 Å². The maximum atomic E-state index is 9.05. The number of thiol groups is 1. The van der Waals surface area contributed by atoms with Crippen LogP contribution in [0.15, 0.2) is 0 Å². The molecule has 0 rings (SSSR count). The van der Waals surface area contributed by atoms with Gasteiger partial charge in [0, 0.05) is 0 Å². The van der Waals surface area contributed by atoms with Crippen molar-refractivity contribution in [3.8, 4) is 0 Å². The van der Waals surface area contributed by atoms with Crippen LogP contribution in [0.4, 0.5) is 0 Å². The first-order chi connectivity index (χ1) is 2.00. The summed E-state index contributed by atoms with van der Waals surface area (Å²) < 4.78 is 25.5. The van der Waals surface area contributed by atoms with E-state index in [2.05, 4.69) is 11.7 Å². The Morgan fingerprint density at radius 3 is 0.769 bits per heavy atom. The summed E-state index contributed by atoms with van der Waals surface area (Å²) in [6.07, 6.45) is 0. The van der Waals surface area contributed by atoms with Gasteiger partial charge in [-0.1, -0.05) is 0 Å². The van der Waals surface area contributed by atoms with Gasteiger partial charge in [-0.2, -0.15) is 8.42 Å². The van der Waals surface area contributed by atoms with Gasteiger partial charge in [-0.05, 0) is 11.7 Å². The van der Waals surface area contributed by atoms with E-state index < -0.39 is 9.15 Å². The van der Waals surface area contributed by atoms with Gasteiger partial charge in [0.1, 0.15) is 0 Å². The van der Waals surface area contributed by atoms with Gasteiger partial charge in [-0.3, -0.25) is 4.55 Å². The fourth-order valence-electron chi connectivity index (χ4n) is 0. The van der Waals surface area contributed by atoms with Crippen LogP contribution in [-0.4, -0.2) is 80.9 Å². The fourth-order valence-corrected chi connectivity index (χ4v) is 0. The summed E-state index contributed by atoms with van der Waals surface area (Å²) in [7, 11) is -3.97. The molecule has 0 aliphatic carbocycles. The van der Waals surface area contributed by atoms with Crippen LogP contribution in [0.3, 0.4) is 0 Å². The molecule has 0 unspecified atom stereocenters. The molecule has 10 nitrogen and oxygen atoms in total. The molecule has 0 fully saturated rings. The molecule has 0 bridgehead atoms. The molecule has 0 aromatic rings. The van der Waals surface area contributed by atoms with Crippen LogP contribution in [-0.2, 0) is 9.15 Å². The Morgan fingerprint density at radius 2 is 0.769 bits per heavy atom. The molecule has 0 spiro atoms. The van der Waals surface area contributed by atoms with Crippen molar-refractivity contribution in [3.05, 3.63) is 0 Å². The summed E-state index contributed by atoms with van der Waals surface area (Å²) in [5, 5.41) is 0. The number of hydrogen-bond acceptors (Lipinski definition) is 2. The van der Waals surface area contributed by atoms with Crippen molar-refractivity contribution in [2.75, 3.05) is 0 Å². The molecule has 0 aliphatic rings. The van der Waals surface area contributed by atoms with Crippen molar-refractivity contribution in [1.82, 2.24) is 0 Å². The number of rotatable bonds is 0. The Labute approximate surface area is 101 Å². The second-order valence-corrected chi connectivity index (χ2v) is 2.73. The standard InChI is InChI=1S/Na.H2O3S2.7H2O.H/c;1-5(2,3)4;;;;;;;;/h;(H2,1,2,3,4);7*1H2;. The molecule has 0 saturated carbocycles. The van der Waals surface area contributed by atoms with Gasteiger partial charge in [0.2, 0.25) is 0 Å². The monoisotopic (exact) mass is 264 g/mol. The van der Waals surface area contributed by atoms with E-state index in [1.165, 1.54) is 0 Å². The first-order valence-electron chi connectivity index (χ1n) is 0.698. The minimum atomic E-state index is -3.97. The van der Waals surface area contributed by atoms with Gasteiger partial charge in [0.25, 0.3) is 0 Å². The molecule has 90 valence electrons. The van der Waals surface area contributed by atoms with E-state index in [4.69, 9.17) is 13.0 Å². The quantitative estimate of drug-likeness (QED) is 0.187. The van der Waals surface area contributed by atoms with Crippen LogP contribution in [0.1, 0.15) is 0 Å². The first-order valence-corrected chi connectivity index (χ1v) is 3.19. The van der Waals surface area contributed by atoms with Gasteiger partial charge >= 0.3 is 38.7 Å². The molecule has 15 N–H and O–H groups in total. The third-order valence-electron chi connectivity index (χ3n) is 0. The Kier molecular flexibility index (Phi) is 279. The SMILES string of the molecule is O.O.O.O.O.O.O.O=S(=O)(O)S.[NaH]. The predicted molar refractivity (Wildman–Crippen MR) is 53.0 cm³/mol. The molecule has 0 aromatic carbocycles. The summed E-state index contributed by atoms with van der Waals surface area (Å²) in [5.41, 5.74) is 0. The Balaban J connectivity index is -0.00000000286. The fraction of sp³-hybridized carbons (Fsp3) is 0. The molecule has 0 aliphatic heterocycles. The average Bonchev–Trinajstić information content (AvgIpc) is 0.722. The van der Waals surface area contributed by atoms with Gasteiger partial charge in [0.15, 0.2) is 0 Å². The summed E-state index contributed by atoms with van der Waals surface area (Å²) in [5.74, 6) is 0. The average molecular weight is 264 g/mol. The zero-order chi connectivity index (χ0) is 4.50. The molecule has 0 saturated heterocycles. The normalized spacial score (nSPS) is 4.46. The van der Waals surface area contributed by atoms with Crippen molar-refractivity contribution >= 4 is 50.4 Å². The molecular formula is H17NaO10S2. The molecule has 0 heterocycles. The zero-order valence-corrected chi connectivity index (χ0v) is 7.33. The van der Waals surface area contributed by atoms with Gasteiger partial charge in [-0.25, -0.2) is 0 Å². The summed E-state index contributed by atoms with van der Waals surface area (Å²) in [6.45, 7) is 0. The van der Waals surface area contributed by atoms with Gasteiger partial charge in [-0.15, -0.1) is 0 Å². The Morgan fingerprint density at radius 1 is 0.769 bits per heavy atom. The maximum absolute atomic E-state index is 9.05. The van der Waals surface area contributed by atoms with E-state index in [9.17, 15) is 0 Å². The van der Waals surface area contributed by atoms with Crippen molar-refractivity contribution < 1.29 is 51.3 Å². The predicted octanol–water partition coefficient (Wildman–Crippen LogP) is -6.70. The van der Waals surface area contributed by atoms with Crippen molar-refractivity contribution in [1.29, 1.82) is 0 Å². The third kappa shape index (κ3) is 1630. The Hall–Kier alpha value is 0.980. The summed E-state index contributed by atoms with van der Waals surface area (Å²) in [6, 6.07) is 0. The molecule has 0 radical (unpaired) electrons. The van der Waals surface area contributed by atoms with Crippen LogP contribution in [0.2, 0.25) is 0 Å². The molecule has 0 amide bonds. The molecule has 0 aromatic heterocycles. The van der Waals surface area contributed by atoms with E-state index >= 15 is 0 Å². The third-order valence-corrected chi connectivity index (χ3v) is 0. The van der Waals surface area contributed by atoms with Gasteiger partial charge in [0.05, 0.1) is 0 Å². The topological polar surface area (TPSA) is 275 Å². The summed E-state index contributed by atoms with van der Waals surface area (Å²) >= 11 is 2.65.